The van der Waals surface area contributed by atoms with Gasteiger partial charge in [-0.15, -0.1) is 0 Å². The van der Waals surface area contributed by atoms with Gasteiger partial charge in [-0.05, 0) is 37.5 Å². The Bertz CT molecular complexity index is 2010. The van der Waals surface area contributed by atoms with Gasteiger partial charge in [-0.25, -0.2) is 9.13 Å². The Hall–Kier alpha value is -1.94. The van der Waals surface area contributed by atoms with E-state index >= 15 is 0 Å². The molecule has 624 valence electrons. The van der Waals surface area contributed by atoms with E-state index in [-0.39, 0.29) is 25.7 Å². The first-order valence-corrected chi connectivity index (χ1v) is 47.5. The first-order valence-electron chi connectivity index (χ1n) is 44.5. The van der Waals surface area contributed by atoms with Crippen LogP contribution in [0, 0.1) is 11.8 Å². The van der Waals surface area contributed by atoms with Crippen LogP contribution in [0.5, 0.6) is 0 Å². The minimum atomic E-state index is -4.96. The number of aliphatic hydroxyl groups excluding tert-OH is 1. The Balaban J connectivity index is 5.19. The molecule has 6 atom stereocenters. The van der Waals surface area contributed by atoms with E-state index in [4.69, 9.17) is 37.0 Å². The summed E-state index contributed by atoms with van der Waals surface area (Å²) in [4.78, 5) is 73.1. The molecule has 0 rings (SSSR count). The Kier molecular flexibility index (Phi) is 76.0. The molecular formula is C86H168O17P2. The van der Waals surface area contributed by atoms with Gasteiger partial charge < -0.3 is 33.8 Å². The van der Waals surface area contributed by atoms with Crippen LogP contribution in [0.3, 0.4) is 0 Å². The minimum absolute atomic E-state index is 0.108. The average Bonchev–Trinajstić information content (AvgIpc) is 0.908. The summed E-state index contributed by atoms with van der Waals surface area (Å²) in [5.41, 5.74) is 0. The van der Waals surface area contributed by atoms with Gasteiger partial charge in [-0.3, -0.25) is 37.3 Å². The van der Waals surface area contributed by atoms with Crippen LogP contribution in [-0.4, -0.2) is 96.7 Å². The molecule has 19 heteroatoms. The minimum Gasteiger partial charge on any atom is -0.462 e. The molecule has 0 aromatic carbocycles. The number of phosphoric acid groups is 2. The third-order valence-corrected chi connectivity index (χ3v) is 22.5. The van der Waals surface area contributed by atoms with Crippen molar-refractivity contribution in [2.45, 2.75) is 477 Å². The van der Waals surface area contributed by atoms with Crippen LogP contribution in [0.2, 0.25) is 0 Å². The predicted octanol–water partition coefficient (Wildman–Crippen LogP) is 26.2. The van der Waals surface area contributed by atoms with Gasteiger partial charge in [0.1, 0.15) is 19.3 Å². The number of ether oxygens (including phenoxy) is 4. The lowest BCUT2D eigenvalue weighted by Crippen LogP contribution is -2.30. The fourth-order valence-corrected chi connectivity index (χ4v) is 15.0. The monoisotopic (exact) mass is 1540 g/mol. The molecule has 0 radical (unpaired) electrons. The first kappa shape index (κ1) is 103. The maximum Gasteiger partial charge on any atom is 0.472 e. The standard InChI is InChI=1S/C86H168O17P2/c1-7-10-12-14-16-18-19-20-21-22-23-24-25-30-36-41-46-52-58-64-70-86(91)103-82(75-97-84(89)69-63-57-51-45-40-35-29-27-26-28-33-38-43-48-54-60-66-78(4)5)77-101-105(94,95)99-73-80(87)72-98-104(92,93)100-76-81(74-96-83(88)68-62-56-50-17-15-13-11-8-2)102-85(90)71-65-59-53-47-42-37-32-31-34-39-44-49-55-61-67-79(6)9-3/h78-82,87H,7-77H2,1-6H3,(H,92,93)(H,94,95)/t79?,80-,81+,82+/m0/s1. The molecule has 0 aromatic heterocycles. The lowest BCUT2D eigenvalue weighted by atomic mass is 9.99. The number of esters is 4. The maximum absolute atomic E-state index is 13.1. The molecule has 0 amide bonds. The molecule has 0 aliphatic heterocycles. The van der Waals surface area contributed by atoms with Crippen LogP contribution in [0.15, 0.2) is 0 Å². The highest BCUT2D eigenvalue weighted by Crippen LogP contribution is 2.45. The summed E-state index contributed by atoms with van der Waals surface area (Å²) < 4.78 is 68.8. The van der Waals surface area contributed by atoms with Gasteiger partial charge >= 0.3 is 39.5 Å². The van der Waals surface area contributed by atoms with Crippen LogP contribution in [-0.2, 0) is 65.4 Å². The van der Waals surface area contributed by atoms with E-state index in [9.17, 15) is 43.2 Å². The van der Waals surface area contributed by atoms with E-state index in [2.05, 4.69) is 41.5 Å². The van der Waals surface area contributed by atoms with E-state index < -0.39 is 97.5 Å². The zero-order valence-corrected chi connectivity index (χ0v) is 70.8. The summed E-state index contributed by atoms with van der Waals surface area (Å²) in [5.74, 6) is -0.446. The van der Waals surface area contributed by atoms with Crippen molar-refractivity contribution in [2.24, 2.45) is 11.8 Å². The second-order valence-electron chi connectivity index (χ2n) is 31.6. The first-order chi connectivity index (χ1) is 50.9. The van der Waals surface area contributed by atoms with Crippen molar-refractivity contribution in [3.63, 3.8) is 0 Å². The van der Waals surface area contributed by atoms with E-state index in [1.807, 2.05) is 0 Å². The molecule has 0 heterocycles. The van der Waals surface area contributed by atoms with Gasteiger partial charge in [0, 0.05) is 25.7 Å². The van der Waals surface area contributed by atoms with Crippen molar-refractivity contribution in [1.29, 1.82) is 0 Å². The maximum atomic E-state index is 13.1. The summed E-state index contributed by atoms with van der Waals surface area (Å²) in [7, 11) is -9.92. The third kappa shape index (κ3) is 78.5. The van der Waals surface area contributed by atoms with E-state index in [0.29, 0.717) is 25.7 Å². The number of hydrogen-bond donors (Lipinski definition) is 3. The summed E-state index contributed by atoms with van der Waals surface area (Å²) in [6.07, 6.45) is 69.5. The predicted molar refractivity (Wildman–Crippen MR) is 432 cm³/mol. The number of hydrogen-bond acceptors (Lipinski definition) is 15. The van der Waals surface area contributed by atoms with Crippen LogP contribution in [0.4, 0.5) is 0 Å². The molecular weight excluding hydrogens is 1370 g/mol. The quantitative estimate of drug-likeness (QED) is 0.0222. The molecule has 0 aromatic rings. The molecule has 0 aliphatic carbocycles. The smallest absolute Gasteiger partial charge is 0.462 e. The van der Waals surface area contributed by atoms with Crippen molar-refractivity contribution in [3.05, 3.63) is 0 Å². The Morgan fingerprint density at radius 3 is 0.724 bits per heavy atom. The second-order valence-corrected chi connectivity index (χ2v) is 34.6. The highest BCUT2D eigenvalue weighted by molar-refractivity contribution is 7.47. The van der Waals surface area contributed by atoms with E-state index in [0.717, 1.165) is 108 Å². The van der Waals surface area contributed by atoms with Crippen molar-refractivity contribution < 1.29 is 80.2 Å². The normalized spacial score (nSPS) is 14.1. The number of phosphoric ester groups is 2. The van der Waals surface area contributed by atoms with Crippen molar-refractivity contribution >= 4 is 39.5 Å². The zero-order valence-electron chi connectivity index (χ0n) is 69.0. The number of rotatable bonds is 85. The molecule has 3 N–H and O–H groups in total. The molecule has 3 unspecified atom stereocenters. The van der Waals surface area contributed by atoms with E-state index in [1.165, 1.54) is 270 Å². The third-order valence-electron chi connectivity index (χ3n) is 20.6. The average molecular weight is 1540 g/mol. The Morgan fingerprint density at radius 2 is 0.486 bits per heavy atom. The lowest BCUT2D eigenvalue weighted by Gasteiger charge is -2.21. The van der Waals surface area contributed by atoms with Crippen molar-refractivity contribution in [2.75, 3.05) is 39.6 Å². The highest BCUT2D eigenvalue weighted by atomic mass is 31.2. The Morgan fingerprint density at radius 1 is 0.276 bits per heavy atom. The van der Waals surface area contributed by atoms with Crippen LogP contribution < -0.4 is 0 Å². The van der Waals surface area contributed by atoms with Gasteiger partial charge in [0.2, 0.25) is 0 Å². The summed E-state index contributed by atoms with van der Waals surface area (Å²) in [5, 5.41) is 10.7. The summed E-state index contributed by atoms with van der Waals surface area (Å²) in [6, 6.07) is 0. The highest BCUT2D eigenvalue weighted by Gasteiger charge is 2.30. The number of carbonyl (C=O) groups is 4. The van der Waals surface area contributed by atoms with Crippen LogP contribution in [0.1, 0.15) is 459 Å². The molecule has 0 bridgehead atoms. The number of unbranched alkanes of at least 4 members (excludes halogenated alkanes) is 54. The molecule has 0 saturated heterocycles. The second kappa shape index (κ2) is 77.4. The SMILES string of the molecule is CCCCCCCCCCCCCCCCCCCCCCC(=O)O[C@H](COC(=O)CCCCCCCCCCCCCCCCCCC(C)C)COP(=O)(O)OC[C@@H](O)COP(=O)(O)OC[C@@H](COC(=O)CCCCCCCCCC)OC(=O)CCCCCCCCCCCCCCCCC(C)CC. The topological polar surface area (TPSA) is 237 Å². The number of aliphatic hydroxyl groups is 1. The van der Waals surface area contributed by atoms with Gasteiger partial charge in [0.05, 0.1) is 26.4 Å². The van der Waals surface area contributed by atoms with Crippen LogP contribution >= 0.6 is 15.6 Å². The van der Waals surface area contributed by atoms with Gasteiger partial charge in [0.25, 0.3) is 0 Å². The Labute approximate surface area is 645 Å². The van der Waals surface area contributed by atoms with Crippen molar-refractivity contribution in [1.82, 2.24) is 0 Å². The molecule has 17 nitrogen and oxygen atoms in total. The molecule has 0 aliphatic rings. The molecule has 0 spiro atoms. The lowest BCUT2D eigenvalue weighted by molar-refractivity contribution is -0.161. The van der Waals surface area contributed by atoms with Gasteiger partial charge in [-0.1, -0.05) is 408 Å². The zero-order chi connectivity index (χ0) is 77.1. The summed E-state index contributed by atoms with van der Waals surface area (Å²) in [6.45, 7) is 9.73. The molecule has 105 heavy (non-hydrogen) atoms. The van der Waals surface area contributed by atoms with Crippen molar-refractivity contribution in [3.8, 4) is 0 Å². The van der Waals surface area contributed by atoms with E-state index in [1.54, 1.807) is 0 Å². The fourth-order valence-electron chi connectivity index (χ4n) is 13.4. The van der Waals surface area contributed by atoms with Gasteiger partial charge in [0.15, 0.2) is 12.2 Å². The fraction of sp³-hybridized carbons (Fsp3) is 0.953. The largest absolute Gasteiger partial charge is 0.472 e. The molecule has 0 saturated carbocycles. The molecule has 0 fully saturated rings. The van der Waals surface area contributed by atoms with Gasteiger partial charge in [-0.2, -0.15) is 0 Å². The summed E-state index contributed by atoms with van der Waals surface area (Å²) >= 11 is 0. The number of carbonyl (C=O) groups excluding carboxylic acids is 4. The van der Waals surface area contributed by atoms with Crippen LogP contribution in [0.25, 0.3) is 0 Å².